The molecule has 0 saturated carbocycles. The second-order valence-corrected chi connectivity index (χ2v) is 16.0. The Morgan fingerprint density at radius 1 is 0.276 bits per heavy atom. The number of hydrogen-bond donors (Lipinski definition) is 0. The smallest absolute Gasteiger partial charge is 0.0640 e. The molecule has 0 aliphatic rings. The Kier molecular flexibility index (Phi) is 8.42. The van der Waals surface area contributed by atoms with Crippen molar-refractivity contribution in [1.82, 2.24) is 0 Å². The highest BCUT2D eigenvalue weighted by Gasteiger charge is 2.21. The number of thiophene rings is 1. The Labute approximate surface area is 342 Å². The van der Waals surface area contributed by atoms with E-state index in [9.17, 15) is 0 Å². The molecule has 0 spiro atoms. The summed E-state index contributed by atoms with van der Waals surface area (Å²) in [7, 11) is 0. The molecule has 0 amide bonds. The van der Waals surface area contributed by atoms with Crippen LogP contribution in [-0.2, 0) is 0 Å². The Morgan fingerprint density at radius 2 is 0.759 bits per heavy atom. The molecular formula is C56H37NS. The molecule has 11 rings (SSSR count). The van der Waals surface area contributed by atoms with E-state index in [-0.39, 0.29) is 0 Å². The van der Waals surface area contributed by atoms with Crippen LogP contribution in [0.25, 0.3) is 86.2 Å². The zero-order valence-corrected chi connectivity index (χ0v) is 32.5. The lowest BCUT2D eigenvalue weighted by Gasteiger charge is -2.26. The average molecular weight is 756 g/mol. The Hall–Kier alpha value is -7.26. The van der Waals surface area contributed by atoms with Gasteiger partial charge >= 0.3 is 0 Å². The number of fused-ring (bicyclic) bond motifs is 5. The van der Waals surface area contributed by atoms with Crippen molar-refractivity contribution in [2.75, 3.05) is 4.90 Å². The summed E-state index contributed by atoms with van der Waals surface area (Å²) in [6.45, 7) is 0. The Balaban J connectivity index is 1.08. The maximum atomic E-state index is 2.44. The Bertz CT molecular complexity index is 3130. The van der Waals surface area contributed by atoms with E-state index in [1.807, 2.05) is 11.3 Å². The van der Waals surface area contributed by atoms with Gasteiger partial charge in [-0.05, 0) is 115 Å². The summed E-state index contributed by atoms with van der Waals surface area (Å²) in [6.07, 6.45) is 0. The number of nitrogens with zero attached hydrogens (tertiary/aromatic N) is 1. The second kappa shape index (κ2) is 14.4. The first-order valence-electron chi connectivity index (χ1n) is 19.8. The molecule has 0 fully saturated rings. The van der Waals surface area contributed by atoms with Gasteiger partial charge in [-0.3, -0.25) is 0 Å². The standard InChI is InChI=1S/C56H37NS/c1-3-12-38(13-4-1)48-36-52(43-16-5-2-6-17-43)55-53(37-48)51-20-11-21-54(56(51)58-55)57(49-30-26-41(27-31-49)46-24-22-39-14-7-9-18-44(39)34-46)50-32-28-42(29-33-50)47-25-23-40-15-8-10-19-45(40)35-47/h1-37H. The van der Waals surface area contributed by atoms with E-state index in [2.05, 4.69) is 229 Å². The van der Waals surface area contributed by atoms with Gasteiger partial charge in [-0.1, -0.05) is 170 Å². The minimum absolute atomic E-state index is 1.11. The van der Waals surface area contributed by atoms with Crippen molar-refractivity contribution in [2.45, 2.75) is 0 Å². The summed E-state index contributed by atoms with van der Waals surface area (Å²) in [5.41, 5.74) is 13.1. The van der Waals surface area contributed by atoms with Gasteiger partial charge in [-0.25, -0.2) is 0 Å². The van der Waals surface area contributed by atoms with Crippen LogP contribution in [-0.4, -0.2) is 0 Å². The lowest BCUT2D eigenvalue weighted by molar-refractivity contribution is 1.30. The number of hydrogen-bond acceptors (Lipinski definition) is 2. The van der Waals surface area contributed by atoms with Crippen LogP contribution in [0.4, 0.5) is 17.1 Å². The quantitative estimate of drug-likeness (QED) is 0.157. The van der Waals surface area contributed by atoms with Crippen molar-refractivity contribution in [3.63, 3.8) is 0 Å². The zero-order valence-electron chi connectivity index (χ0n) is 31.7. The average Bonchev–Trinajstić information content (AvgIpc) is 3.69. The molecule has 10 aromatic carbocycles. The van der Waals surface area contributed by atoms with Crippen LogP contribution >= 0.6 is 11.3 Å². The number of benzene rings is 10. The van der Waals surface area contributed by atoms with E-state index in [0.29, 0.717) is 0 Å². The van der Waals surface area contributed by atoms with E-state index in [0.717, 1.165) is 17.1 Å². The summed E-state index contributed by atoms with van der Waals surface area (Å²) in [5, 5.41) is 7.55. The third kappa shape index (κ3) is 6.12. The lowest BCUT2D eigenvalue weighted by atomic mass is 9.96. The van der Waals surface area contributed by atoms with Crippen LogP contribution in [0.15, 0.2) is 224 Å². The third-order valence-electron chi connectivity index (χ3n) is 11.4. The van der Waals surface area contributed by atoms with Crippen LogP contribution in [0, 0.1) is 0 Å². The zero-order chi connectivity index (χ0) is 38.4. The third-order valence-corrected chi connectivity index (χ3v) is 12.7. The molecule has 272 valence electrons. The van der Waals surface area contributed by atoms with Gasteiger partial charge in [0.15, 0.2) is 0 Å². The molecule has 58 heavy (non-hydrogen) atoms. The maximum absolute atomic E-state index is 2.44. The molecule has 0 unspecified atom stereocenters. The van der Waals surface area contributed by atoms with Crippen molar-refractivity contribution in [1.29, 1.82) is 0 Å². The van der Waals surface area contributed by atoms with Gasteiger partial charge in [0, 0.05) is 32.4 Å². The first-order chi connectivity index (χ1) is 28.7. The Morgan fingerprint density at radius 3 is 1.33 bits per heavy atom. The fraction of sp³-hybridized carbons (Fsp3) is 0. The van der Waals surface area contributed by atoms with Crippen LogP contribution in [0.3, 0.4) is 0 Å². The highest BCUT2D eigenvalue weighted by atomic mass is 32.1. The van der Waals surface area contributed by atoms with Gasteiger partial charge in [0.25, 0.3) is 0 Å². The number of rotatable bonds is 7. The molecule has 1 aromatic heterocycles. The fourth-order valence-corrected chi connectivity index (χ4v) is 9.78. The largest absolute Gasteiger partial charge is 0.309 e. The van der Waals surface area contributed by atoms with E-state index in [1.165, 1.54) is 86.2 Å². The summed E-state index contributed by atoms with van der Waals surface area (Å²) in [5.74, 6) is 0. The molecule has 0 aliphatic carbocycles. The topological polar surface area (TPSA) is 3.24 Å². The van der Waals surface area contributed by atoms with Gasteiger partial charge in [0.1, 0.15) is 0 Å². The van der Waals surface area contributed by atoms with Crippen molar-refractivity contribution in [2.24, 2.45) is 0 Å². The van der Waals surface area contributed by atoms with Gasteiger partial charge in [-0.15, -0.1) is 11.3 Å². The van der Waals surface area contributed by atoms with E-state index < -0.39 is 0 Å². The number of anilines is 3. The first-order valence-corrected chi connectivity index (χ1v) is 20.6. The summed E-state index contributed by atoms with van der Waals surface area (Å²) >= 11 is 1.89. The van der Waals surface area contributed by atoms with Crippen LogP contribution in [0.5, 0.6) is 0 Å². The van der Waals surface area contributed by atoms with Gasteiger partial charge in [0.2, 0.25) is 0 Å². The molecule has 0 radical (unpaired) electrons. The van der Waals surface area contributed by atoms with Gasteiger partial charge in [-0.2, -0.15) is 0 Å². The molecule has 1 nitrogen and oxygen atoms in total. The van der Waals surface area contributed by atoms with E-state index in [1.54, 1.807) is 0 Å². The normalized spacial score (nSPS) is 11.4. The highest BCUT2D eigenvalue weighted by molar-refractivity contribution is 7.27. The van der Waals surface area contributed by atoms with Crippen molar-refractivity contribution in [3.8, 4) is 44.5 Å². The monoisotopic (exact) mass is 755 g/mol. The second-order valence-electron chi connectivity index (χ2n) is 14.9. The molecule has 0 saturated heterocycles. The van der Waals surface area contributed by atoms with Gasteiger partial charge in [0.05, 0.1) is 10.4 Å². The molecule has 0 atom stereocenters. The van der Waals surface area contributed by atoms with Crippen LogP contribution < -0.4 is 4.90 Å². The lowest BCUT2D eigenvalue weighted by Crippen LogP contribution is -2.10. The van der Waals surface area contributed by atoms with Gasteiger partial charge < -0.3 is 4.90 Å². The summed E-state index contributed by atoms with van der Waals surface area (Å²) in [4.78, 5) is 2.44. The predicted octanol–water partition coefficient (Wildman–Crippen LogP) is 16.5. The first kappa shape index (κ1) is 34.0. The minimum Gasteiger partial charge on any atom is -0.309 e. The minimum atomic E-state index is 1.11. The van der Waals surface area contributed by atoms with E-state index >= 15 is 0 Å². The fourth-order valence-electron chi connectivity index (χ4n) is 8.46. The molecule has 2 heteroatoms. The molecule has 0 N–H and O–H groups in total. The van der Waals surface area contributed by atoms with Crippen molar-refractivity contribution >= 4 is 70.1 Å². The maximum Gasteiger partial charge on any atom is 0.0640 e. The van der Waals surface area contributed by atoms with Crippen molar-refractivity contribution < 1.29 is 0 Å². The summed E-state index contributed by atoms with van der Waals surface area (Å²) < 4.78 is 2.56. The van der Waals surface area contributed by atoms with Crippen LogP contribution in [0.1, 0.15) is 0 Å². The highest BCUT2D eigenvalue weighted by Crippen LogP contribution is 2.48. The van der Waals surface area contributed by atoms with Crippen LogP contribution in [0.2, 0.25) is 0 Å². The predicted molar refractivity (Wildman–Crippen MR) is 251 cm³/mol. The summed E-state index contributed by atoms with van der Waals surface area (Å²) in [6, 6.07) is 81.9. The molecule has 0 bridgehead atoms. The SMILES string of the molecule is c1ccc(-c2cc(-c3ccccc3)c3sc4c(N(c5ccc(-c6ccc7ccccc7c6)cc5)c5ccc(-c6ccc7ccccc7c6)cc5)cccc4c3c2)cc1. The molecule has 0 aliphatic heterocycles. The molecule has 11 aromatic rings. The van der Waals surface area contributed by atoms with E-state index in [4.69, 9.17) is 0 Å². The van der Waals surface area contributed by atoms with Crippen molar-refractivity contribution in [3.05, 3.63) is 224 Å². The molecule has 1 heterocycles. The molecular weight excluding hydrogens is 719 g/mol.